The van der Waals surface area contributed by atoms with Crippen molar-refractivity contribution in [3.05, 3.63) is 41.5 Å². The molecule has 0 atom stereocenters. The van der Waals surface area contributed by atoms with Crippen LogP contribution in [0.15, 0.2) is 24.3 Å². The summed E-state index contributed by atoms with van der Waals surface area (Å²) in [5.74, 6) is -0.241. The smallest absolute Gasteiger partial charge is 0.123 e. The Kier molecular flexibility index (Phi) is 2.51. The van der Waals surface area contributed by atoms with Crippen molar-refractivity contribution in [2.45, 2.75) is 13.5 Å². The molecule has 1 aromatic carbocycles. The summed E-state index contributed by atoms with van der Waals surface area (Å²) in [6.07, 6.45) is 0. The molecule has 0 aliphatic heterocycles. The molecule has 2 aromatic rings. The molecule has 0 fully saturated rings. The molecular weight excluding hydrogens is 193 g/mol. The molecule has 3 nitrogen and oxygen atoms in total. The number of nitrogens with one attached hydrogen (secondary N) is 1. The number of rotatable bonds is 2. The van der Waals surface area contributed by atoms with Crippen LogP contribution in [0.25, 0.3) is 11.1 Å². The number of halogens is 1. The van der Waals surface area contributed by atoms with Crippen molar-refractivity contribution in [2.75, 3.05) is 0 Å². The summed E-state index contributed by atoms with van der Waals surface area (Å²) >= 11 is 0. The van der Waals surface area contributed by atoms with E-state index in [9.17, 15) is 4.39 Å². The van der Waals surface area contributed by atoms with E-state index in [0.29, 0.717) is 6.54 Å². The fourth-order valence-corrected chi connectivity index (χ4v) is 1.63. The van der Waals surface area contributed by atoms with Gasteiger partial charge >= 0.3 is 0 Å². The lowest BCUT2D eigenvalue weighted by atomic mass is 10.0. The Morgan fingerprint density at radius 3 is 2.60 bits per heavy atom. The van der Waals surface area contributed by atoms with Crippen LogP contribution in [0.5, 0.6) is 0 Å². The molecule has 0 radical (unpaired) electrons. The zero-order valence-electron chi connectivity index (χ0n) is 8.42. The van der Waals surface area contributed by atoms with Crippen LogP contribution in [0.2, 0.25) is 0 Å². The molecule has 0 aliphatic rings. The molecule has 1 aromatic heterocycles. The molecule has 15 heavy (non-hydrogen) atoms. The van der Waals surface area contributed by atoms with Gasteiger partial charge in [0.15, 0.2) is 0 Å². The van der Waals surface area contributed by atoms with Crippen molar-refractivity contribution in [1.82, 2.24) is 10.2 Å². The largest absolute Gasteiger partial charge is 0.325 e. The average Bonchev–Trinajstić information content (AvgIpc) is 2.61. The maximum absolute atomic E-state index is 12.8. The van der Waals surface area contributed by atoms with Crippen LogP contribution in [-0.2, 0) is 6.54 Å². The van der Waals surface area contributed by atoms with Crippen molar-refractivity contribution < 1.29 is 4.39 Å². The van der Waals surface area contributed by atoms with Gasteiger partial charge in [0, 0.05) is 17.8 Å². The first-order valence-corrected chi connectivity index (χ1v) is 4.72. The summed E-state index contributed by atoms with van der Waals surface area (Å²) in [6.45, 7) is 2.29. The summed E-state index contributed by atoms with van der Waals surface area (Å²) in [5, 5.41) is 6.97. The first-order chi connectivity index (χ1) is 7.22. The lowest BCUT2D eigenvalue weighted by Gasteiger charge is -2.02. The second-order valence-electron chi connectivity index (χ2n) is 3.38. The second kappa shape index (κ2) is 3.82. The van der Waals surface area contributed by atoms with Gasteiger partial charge in [-0.1, -0.05) is 12.1 Å². The van der Waals surface area contributed by atoms with Gasteiger partial charge in [-0.25, -0.2) is 4.39 Å². The van der Waals surface area contributed by atoms with Crippen LogP contribution in [0.3, 0.4) is 0 Å². The minimum atomic E-state index is -0.241. The van der Waals surface area contributed by atoms with E-state index in [-0.39, 0.29) is 5.82 Å². The zero-order chi connectivity index (χ0) is 10.8. The van der Waals surface area contributed by atoms with Gasteiger partial charge in [0.05, 0.1) is 5.69 Å². The molecule has 0 amide bonds. The van der Waals surface area contributed by atoms with E-state index >= 15 is 0 Å². The van der Waals surface area contributed by atoms with Gasteiger partial charge in [-0.2, -0.15) is 5.10 Å². The quantitative estimate of drug-likeness (QED) is 0.787. The second-order valence-corrected chi connectivity index (χ2v) is 3.38. The molecule has 1 heterocycles. The highest BCUT2D eigenvalue weighted by Crippen LogP contribution is 2.25. The van der Waals surface area contributed by atoms with E-state index in [2.05, 4.69) is 10.2 Å². The number of aromatic amines is 1. The lowest BCUT2D eigenvalue weighted by Crippen LogP contribution is -1.98. The standard InChI is InChI=1S/C11H12FN3/c1-7-11(10(6-13)15-14-7)8-2-4-9(12)5-3-8/h2-5H,6,13H2,1H3,(H,14,15). The number of aryl methyl sites for hydroxylation is 1. The monoisotopic (exact) mass is 205 g/mol. The van der Waals surface area contributed by atoms with E-state index in [0.717, 1.165) is 22.5 Å². The summed E-state index contributed by atoms with van der Waals surface area (Å²) in [6, 6.07) is 6.32. The molecule has 0 spiro atoms. The minimum absolute atomic E-state index is 0.241. The number of nitrogens with zero attached hydrogens (tertiary/aromatic N) is 1. The van der Waals surface area contributed by atoms with E-state index in [1.54, 1.807) is 12.1 Å². The van der Waals surface area contributed by atoms with E-state index in [4.69, 9.17) is 5.73 Å². The molecule has 2 rings (SSSR count). The summed E-state index contributed by atoms with van der Waals surface area (Å²) < 4.78 is 12.8. The third-order valence-electron chi connectivity index (χ3n) is 2.35. The van der Waals surface area contributed by atoms with Gasteiger partial charge in [0.25, 0.3) is 0 Å². The van der Waals surface area contributed by atoms with Crippen LogP contribution in [0.1, 0.15) is 11.4 Å². The summed E-state index contributed by atoms with van der Waals surface area (Å²) in [5.41, 5.74) is 9.23. The first kappa shape index (κ1) is 9.86. The highest BCUT2D eigenvalue weighted by atomic mass is 19.1. The van der Waals surface area contributed by atoms with Crippen LogP contribution < -0.4 is 5.73 Å². The maximum Gasteiger partial charge on any atom is 0.123 e. The van der Waals surface area contributed by atoms with Crippen LogP contribution in [0, 0.1) is 12.7 Å². The highest BCUT2D eigenvalue weighted by Gasteiger charge is 2.10. The number of H-pyrrole nitrogens is 1. The van der Waals surface area contributed by atoms with Crippen molar-refractivity contribution >= 4 is 0 Å². The number of hydrogen-bond donors (Lipinski definition) is 2. The molecule has 0 aliphatic carbocycles. The van der Waals surface area contributed by atoms with Crippen LogP contribution >= 0.6 is 0 Å². The Morgan fingerprint density at radius 1 is 1.33 bits per heavy atom. The normalized spacial score (nSPS) is 10.6. The number of benzene rings is 1. The Bertz CT molecular complexity index is 459. The molecule has 4 heteroatoms. The third kappa shape index (κ3) is 1.76. The van der Waals surface area contributed by atoms with Gasteiger partial charge in [-0.05, 0) is 24.6 Å². The molecule has 0 saturated heterocycles. The van der Waals surface area contributed by atoms with Crippen LogP contribution in [-0.4, -0.2) is 10.2 Å². The Balaban J connectivity index is 2.52. The van der Waals surface area contributed by atoms with Gasteiger partial charge in [-0.15, -0.1) is 0 Å². The predicted octanol–water partition coefficient (Wildman–Crippen LogP) is 1.98. The highest BCUT2D eigenvalue weighted by molar-refractivity contribution is 5.68. The zero-order valence-corrected chi connectivity index (χ0v) is 8.42. The van der Waals surface area contributed by atoms with Gasteiger partial charge in [0.1, 0.15) is 5.82 Å². The lowest BCUT2D eigenvalue weighted by molar-refractivity contribution is 0.628. The fourth-order valence-electron chi connectivity index (χ4n) is 1.63. The molecule has 0 bridgehead atoms. The summed E-state index contributed by atoms with van der Waals surface area (Å²) in [4.78, 5) is 0. The number of aromatic nitrogens is 2. The SMILES string of the molecule is Cc1[nH]nc(CN)c1-c1ccc(F)cc1. The van der Waals surface area contributed by atoms with E-state index in [1.165, 1.54) is 12.1 Å². The molecule has 0 saturated carbocycles. The molecule has 0 unspecified atom stereocenters. The Morgan fingerprint density at radius 2 is 2.00 bits per heavy atom. The predicted molar refractivity (Wildman–Crippen MR) is 56.6 cm³/mol. The Labute approximate surface area is 87.1 Å². The third-order valence-corrected chi connectivity index (χ3v) is 2.35. The topological polar surface area (TPSA) is 54.7 Å². The van der Waals surface area contributed by atoms with Gasteiger partial charge in [0.2, 0.25) is 0 Å². The minimum Gasteiger partial charge on any atom is -0.325 e. The summed E-state index contributed by atoms with van der Waals surface area (Å²) in [7, 11) is 0. The van der Waals surface area contributed by atoms with Crippen molar-refractivity contribution in [3.63, 3.8) is 0 Å². The van der Waals surface area contributed by atoms with Crippen molar-refractivity contribution in [2.24, 2.45) is 5.73 Å². The fraction of sp³-hybridized carbons (Fsp3) is 0.182. The van der Waals surface area contributed by atoms with Gasteiger partial charge < -0.3 is 5.73 Å². The van der Waals surface area contributed by atoms with Crippen LogP contribution in [0.4, 0.5) is 4.39 Å². The van der Waals surface area contributed by atoms with Crippen molar-refractivity contribution in [1.29, 1.82) is 0 Å². The van der Waals surface area contributed by atoms with Gasteiger partial charge in [-0.3, -0.25) is 5.10 Å². The van der Waals surface area contributed by atoms with E-state index in [1.807, 2.05) is 6.92 Å². The number of hydrogen-bond acceptors (Lipinski definition) is 2. The number of nitrogens with two attached hydrogens (primary N) is 1. The average molecular weight is 205 g/mol. The van der Waals surface area contributed by atoms with E-state index < -0.39 is 0 Å². The van der Waals surface area contributed by atoms with Crippen molar-refractivity contribution in [3.8, 4) is 11.1 Å². The molecule has 78 valence electrons. The first-order valence-electron chi connectivity index (χ1n) is 4.72. The Hall–Kier alpha value is -1.68. The molecule has 3 N–H and O–H groups in total. The molecular formula is C11H12FN3. The maximum atomic E-state index is 12.8.